The molecule has 0 aromatic carbocycles. The molecule has 2 amide bonds. The van der Waals surface area contributed by atoms with Gasteiger partial charge in [0.25, 0.3) is 0 Å². The predicted octanol–water partition coefficient (Wildman–Crippen LogP) is 4.38. The van der Waals surface area contributed by atoms with Gasteiger partial charge in [-0.2, -0.15) is 0 Å². The Balaban J connectivity index is 1.66. The molecule has 0 spiro atoms. The topological polar surface area (TPSA) is 45.2 Å². The quantitative estimate of drug-likeness (QED) is 0.751. The Kier molecular flexibility index (Phi) is 3.85. The summed E-state index contributed by atoms with van der Waals surface area (Å²) >= 11 is 3.48. The van der Waals surface area contributed by atoms with Crippen LogP contribution in [0.3, 0.4) is 0 Å². The molecule has 0 aliphatic carbocycles. The van der Waals surface area contributed by atoms with E-state index in [-0.39, 0.29) is 12.1 Å². The van der Waals surface area contributed by atoms with Gasteiger partial charge < -0.3 is 10.2 Å². The number of fused-ring (bicyclic) bond motifs is 1. The van der Waals surface area contributed by atoms with Crippen molar-refractivity contribution in [1.82, 2.24) is 9.88 Å². The highest BCUT2D eigenvalue weighted by Gasteiger charge is 2.33. The lowest BCUT2D eigenvalue weighted by molar-refractivity contribution is 0.195. The molecule has 23 heavy (non-hydrogen) atoms. The number of aromatic nitrogens is 1. The van der Waals surface area contributed by atoms with E-state index in [1.807, 2.05) is 11.0 Å². The van der Waals surface area contributed by atoms with Gasteiger partial charge in [-0.25, -0.2) is 4.79 Å². The summed E-state index contributed by atoms with van der Waals surface area (Å²) in [5.74, 6) is 0. The second kappa shape index (κ2) is 6.14. The van der Waals surface area contributed by atoms with Gasteiger partial charge in [-0.1, -0.05) is 6.07 Å². The van der Waals surface area contributed by atoms with Crippen LogP contribution >= 0.6 is 22.7 Å². The van der Waals surface area contributed by atoms with E-state index in [0.29, 0.717) is 0 Å². The first-order chi connectivity index (χ1) is 11.3. The molecule has 0 fully saturated rings. The molecule has 1 atom stereocenters. The first-order valence-electron chi connectivity index (χ1n) is 7.40. The minimum Gasteiger partial charge on any atom is -0.312 e. The van der Waals surface area contributed by atoms with Crippen LogP contribution in [0.5, 0.6) is 0 Å². The van der Waals surface area contributed by atoms with Crippen LogP contribution in [0, 0.1) is 0 Å². The minimum absolute atomic E-state index is 0.00633. The van der Waals surface area contributed by atoms with Gasteiger partial charge in [-0.15, -0.1) is 22.7 Å². The van der Waals surface area contributed by atoms with Crippen LogP contribution in [-0.2, 0) is 6.42 Å². The van der Waals surface area contributed by atoms with Gasteiger partial charge in [0, 0.05) is 34.4 Å². The molecule has 1 N–H and O–H groups in total. The molecule has 1 aliphatic heterocycles. The molecular weight excluding hydrogens is 326 g/mol. The summed E-state index contributed by atoms with van der Waals surface area (Å²) in [5.41, 5.74) is 2.03. The van der Waals surface area contributed by atoms with E-state index in [1.165, 1.54) is 15.3 Å². The zero-order valence-electron chi connectivity index (χ0n) is 12.3. The standard InChI is InChI=1S/C17H15N3OS2/c21-17(19-12-3-7-18-8-4-12)20-9-5-14-13(6-11-23-14)16(20)15-2-1-10-22-15/h1-4,6-8,10-11,16H,5,9H2,(H,18,19,21). The second-order valence-electron chi connectivity index (χ2n) is 5.33. The summed E-state index contributed by atoms with van der Waals surface area (Å²) in [6.07, 6.45) is 4.28. The molecule has 4 nitrogen and oxygen atoms in total. The molecule has 0 bridgehead atoms. The molecule has 4 rings (SSSR count). The van der Waals surface area contributed by atoms with Gasteiger partial charge in [0.15, 0.2) is 0 Å². The van der Waals surface area contributed by atoms with Crippen molar-refractivity contribution in [3.05, 3.63) is 68.8 Å². The predicted molar refractivity (Wildman–Crippen MR) is 94.1 cm³/mol. The number of thiophene rings is 2. The van der Waals surface area contributed by atoms with E-state index in [4.69, 9.17) is 0 Å². The van der Waals surface area contributed by atoms with Crippen LogP contribution in [0.4, 0.5) is 10.5 Å². The highest BCUT2D eigenvalue weighted by molar-refractivity contribution is 7.10. The summed E-state index contributed by atoms with van der Waals surface area (Å²) in [5, 5.41) is 7.17. The first-order valence-corrected chi connectivity index (χ1v) is 9.16. The molecule has 3 aromatic rings. The highest BCUT2D eigenvalue weighted by atomic mass is 32.1. The lowest BCUT2D eigenvalue weighted by Crippen LogP contribution is -2.42. The number of carbonyl (C=O) groups is 1. The van der Waals surface area contributed by atoms with E-state index < -0.39 is 0 Å². The van der Waals surface area contributed by atoms with Crippen LogP contribution in [0.1, 0.15) is 21.4 Å². The minimum atomic E-state index is -0.0635. The molecule has 6 heteroatoms. The van der Waals surface area contributed by atoms with Crippen molar-refractivity contribution >= 4 is 34.4 Å². The van der Waals surface area contributed by atoms with E-state index >= 15 is 0 Å². The monoisotopic (exact) mass is 341 g/mol. The van der Waals surface area contributed by atoms with Crippen molar-refractivity contribution in [3.63, 3.8) is 0 Å². The summed E-state index contributed by atoms with van der Waals surface area (Å²) in [7, 11) is 0. The number of hydrogen-bond donors (Lipinski definition) is 1. The van der Waals surface area contributed by atoms with Crippen molar-refractivity contribution in [2.45, 2.75) is 12.5 Å². The maximum atomic E-state index is 12.8. The fraction of sp³-hybridized carbons (Fsp3) is 0.176. The van der Waals surface area contributed by atoms with Crippen LogP contribution < -0.4 is 5.32 Å². The van der Waals surface area contributed by atoms with E-state index in [0.717, 1.165) is 18.7 Å². The Morgan fingerprint density at radius 1 is 1.17 bits per heavy atom. The number of pyridine rings is 1. The number of anilines is 1. The Morgan fingerprint density at radius 3 is 2.83 bits per heavy atom. The third-order valence-corrected chi connectivity index (χ3v) is 5.89. The van der Waals surface area contributed by atoms with Crippen molar-refractivity contribution in [1.29, 1.82) is 0 Å². The highest BCUT2D eigenvalue weighted by Crippen LogP contribution is 2.39. The number of urea groups is 1. The van der Waals surface area contributed by atoms with E-state index in [1.54, 1.807) is 47.2 Å². The molecule has 3 aromatic heterocycles. The average Bonchev–Trinajstić information content (AvgIpc) is 3.26. The van der Waals surface area contributed by atoms with Gasteiger partial charge in [0.05, 0.1) is 6.04 Å². The molecule has 1 aliphatic rings. The van der Waals surface area contributed by atoms with Crippen molar-refractivity contribution in [3.8, 4) is 0 Å². The summed E-state index contributed by atoms with van der Waals surface area (Å²) < 4.78 is 0. The van der Waals surface area contributed by atoms with Crippen LogP contribution in [0.2, 0.25) is 0 Å². The lowest BCUT2D eigenvalue weighted by atomic mass is 9.99. The third kappa shape index (κ3) is 2.75. The average molecular weight is 341 g/mol. The largest absolute Gasteiger partial charge is 0.322 e. The number of nitrogens with one attached hydrogen (secondary N) is 1. The zero-order chi connectivity index (χ0) is 15.6. The summed E-state index contributed by atoms with van der Waals surface area (Å²) in [6.45, 7) is 0.729. The Morgan fingerprint density at radius 2 is 2.04 bits per heavy atom. The van der Waals surface area contributed by atoms with Crippen LogP contribution in [0.25, 0.3) is 0 Å². The molecule has 4 heterocycles. The second-order valence-corrected chi connectivity index (χ2v) is 7.31. The van der Waals surface area contributed by atoms with Gasteiger partial charge >= 0.3 is 6.03 Å². The molecular formula is C17H15N3OS2. The fourth-order valence-corrected chi connectivity index (χ4v) is 4.68. The van der Waals surface area contributed by atoms with Gasteiger partial charge in [-0.3, -0.25) is 4.98 Å². The van der Waals surface area contributed by atoms with Crippen molar-refractivity contribution < 1.29 is 4.79 Å². The fourth-order valence-electron chi connectivity index (χ4n) is 2.92. The van der Waals surface area contributed by atoms with Crippen molar-refractivity contribution in [2.24, 2.45) is 0 Å². The maximum Gasteiger partial charge on any atom is 0.322 e. The number of rotatable bonds is 2. The SMILES string of the molecule is O=C(Nc1ccncc1)N1CCc2sccc2C1c1cccs1. The van der Waals surface area contributed by atoms with Gasteiger partial charge in [0.1, 0.15) is 0 Å². The summed E-state index contributed by atoms with van der Waals surface area (Å²) in [6, 6.07) is 9.85. The smallest absolute Gasteiger partial charge is 0.312 e. The lowest BCUT2D eigenvalue weighted by Gasteiger charge is -2.35. The van der Waals surface area contributed by atoms with Crippen molar-refractivity contribution in [2.75, 3.05) is 11.9 Å². The maximum absolute atomic E-state index is 12.8. The number of amides is 2. The van der Waals surface area contributed by atoms with Crippen LogP contribution in [-0.4, -0.2) is 22.5 Å². The first kappa shape index (κ1) is 14.4. The zero-order valence-corrected chi connectivity index (χ0v) is 13.9. The van der Waals surface area contributed by atoms with Gasteiger partial charge in [0.2, 0.25) is 0 Å². The summed E-state index contributed by atoms with van der Waals surface area (Å²) in [4.78, 5) is 21.3. The molecule has 1 unspecified atom stereocenters. The molecule has 0 saturated heterocycles. The van der Waals surface area contributed by atoms with Crippen LogP contribution in [0.15, 0.2) is 53.5 Å². The third-order valence-electron chi connectivity index (χ3n) is 3.97. The normalized spacial score (nSPS) is 16.9. The number of carbonyl (C=O) groups excluding carboxylic acids is 1. The number of nitrogens with zero attached hydrogens (tertiary/aromatic N) is 2. The van der Waals surface area contributed by atoms with Gasteiger partial charge in [-0.05, 0) is 47.0 Å². The molecule has 0 saturated carbocycles. The number of hydrogen-bond acceptors (Lipinski definition) is 4. The Bertz CT molecular complexity index is 798. The Hall–Kier alpha value is -2.18. The van der Waals surface area contributed by atoms with E-state index in [2.05, 4.69) is 33.2 Å². The van der Waals surface area contributed by atoms with E-state index in [9.17, 15) is 4.79 Å². The molecule has 116 valence electrons. The molecule has 0 radical (unpaired) electrons. The Labute approximate surface area is 142 Å².